The van der Waals surface area contributed by atoms with Gasteiger partial charge >= 0.3 is 5.97 Å². The van der Waals surface area contributed by atoms with Crippen molar-refractivity contribution in [3.05, 3.63) is 29.8 Å². The van der Waals surface area contributed by atoms with Gasteiger partial charge in [-0.3, -0.25) is 14.4 Å². The minimum absolute atomic E-state index is 0.0320. The molecular formula is C26H43N5O6S. The summed E-state index contributed by atoms with van der Waals surface area (Å²) >= 11 is 1.47. The Kier molecular flexibility index (Phi) is 15.4. The third kappa shape index (κ3) is 12.6. The first-order chi connectivity index (χ1) is 18.0. The predicted molar refractivity (Wildman–Crippen MR) is 149 cm³/mol. The molecule has 4 atom stereocenters. The number of carbonyl (C=O) groups excluding carboxylic acids is 3. The second-order valence-electron chi connectivity index (χ2n) is 9.69. The molecule has 0 saturated carbocycles. The van der Waals surface area contributed by atoms with E-state index in [1.807, 2.05) is 20.1 Å². The standard InChI is InChI=1S/C26H43N5O6S/c1-16(2)14-22(25(35)30-21(26(36)37)11-13-38-3)31-24(34)20(6-4-5-12-27)29-23(33)19(28)15-17-7-9-18(32)10-8-17/h7-10,16,19-22,32H,4-6,11-15,27-28H2,1-3H3,(H,29,33)(H,30,35)(H,31,34)(H,36,37). The molecular weight excluding hydrogens is 510 g/mol. The van der Waals surface area contributed by atoms with Crippen LogP contribution < -0.4 is 27.4 Å². The Morgan fingerprint density at radius 3 is 2.03 bits per heavy atom. The number of unbranched alkanes of at least 4 members (excludes halogenated alkanes) is 1. The molecule has 0 aromatic heterocycles. The number of benzene rings is 1. The fourth-order valence-electron chi connectivity index (χ4n) is 3.76. The maximum atomic E-state index is 13.3. The molecule has 1 rings (SSSR count). The van der Waals surface area contributed by atoms with Gasteiger partial charge in [-0.1, -0.05) is 26.0 Å². The van der Waals surface area contributed by atoms with Crippen LogP contribution >= 0.6 is 11.8 Å². The monoisotopic (exact) mass is 553 g/mol. The molecule has 1 aromatic rings. The number of phenolic OH excluding ortho intramolecular Hbond substituents is 1. The number of aliphatic carboxylic acids is 1. The van der Waals surface area contributed by atoms with Gasteiger partial charge in [0, 0.05) is 0 Å². The molecule has 0 saturated heterocycles. The molecule has 0 heterocycles. The van der Waals surface area contributed by atoms with Crippen molar-refractivity contribution in [2.75, 3.05) is 18.6 Å². The zero-order valence-corrected chi connectivity index (χ0v) is 23.3. The number of amides is 3. The Morgan fingerprint density at radius 2 is 1.47 bits per heavy atom. The number of thioether (sulfide) groups is 1. The predicted octanol–water partition coefficient (Wildman–Crippen LogP) is 0.729. The van der Waals surface area contributed by atoms with Crippen LogP contribution in [0.3, 0.4) is 0 Å². The number of carboxylic acids is 1. The molecule has 0 radical (unpaired) electrons. The smallest absolute Gasteiger partial charge is 0.326 e. The fourth-order valence-corrected chi connectivity index (χ4v) is 4.23. The number of hydrogen-bond donors (Lipinski definition) is 7. The molecule has 0 spiro atoms. The zero-order chi connectivity index (χ0) is 28.7. The first-order valence-electron chi connectivity index (χ1n) is 12.8. The largest absolute Gasteiger partial charge is 0.508 e. The minimum atomic E-state index is -1.14. The highest BCUT2D eigenvalue weighted by atomic mass is 32.2. The van der Waals surface area contributed by atoms with E-state index in [0.717, 1.165) is 5.56 Å². The Balaban J connectivity index is 2.96. The maximum absolute atomic E-state index is 13.3. The highest BCUT2D eigenvalue weighted by molar-refractivity contribution is 7.98. The third-order valence-electron chi connectivity index (χ3n) is 5.87. The second kappa shape index (κ2) is 17.6. The van der Waals surface area contributed by atoms with Crippen molar-refractivity contribution in [3.63, 3.8) is 0 Å². The molecule has 9 N–H and O–H groups in total. The van der Waals surface area contributed by atoms with Crippen molar-refractivity contribution in [1.82, 2.24) is 16.0 Å². The highest BCUT2D eigenvalue weighted by Gasteiger charge is 2.30. The lowest BCUT2D eigenvalue weighted by molar-refractivity contribution is -0.142. The lowest BCUT2D eigenvalue weighted by atomic mass is 10.0. The lowest BCUT2D eigenvalue weighted by Crippen LogP contribution is -2.57. The summed E-state index contributed by atoms with van der Waals surface area (Å²) in [5, 5.41) is 26.9. The Bertz CT molecular complexity index is 899. The molecule has 0 fully saturated rings. The van der Waals surface area contributed by atoms with Gasteiger partial charge in [-0.05, 0) is 80.7 Å². The summed E-state index contributed by atoms with van der Waals surface area (Å²) < 4.78 is 0. The van der Waals surface area contributed by atoms with Crippen molar-refractivity contribution < 1.29 is 29.4 Å². The summed E-state index contributed by atoms with van der Waals surface area (Å²) in [4.78, 5) is 50.7. The van der Waals surface area contributed by atoms with Crippen LogP contribution in [0.5, 0.6) is 5.75 Å². The summed E-state index contributed by atoms with van der Waals surface area (Å²) in [5.41, 5.74) is 12.4. The van der Waals surface area contributed by atoms with E-state index < -0.39 is 47.9 Å². The topological polar surface area (TPSA) is 197 Å². The molecule has 12 heteroatoms. The average Bonchev–Trinajstić information content (AvgIpc) is 2.86. The zero-order valence-electron chi connectivity index (χ0n) is 22.4. The van der Waals surface area contributed by atoms with E-state index in [9.17, 15) is 29.4 Å². The summed E-state index contributed by atoms with van der Waals surface area (Å²) in [6.07, 6.45) is 4.09. The van der Waals surface area contributed by atoms with Crippen LogP contribution in [0, 0.1) is 5.92 Å². The number of nitrogens with one attached hydrogen (secondary N) is 3. The molecule has 11 nitrogen and oxygen atoms in total. The summed E-state index contributed by atoms with van der Waals surface area (Å²) in [6.45, 7) is 4.20. The first kappa shape index (κ1) is 33.2. The van der Waals surface area contributed by atoms with E-state index in [4.69, 9.17) is 11.5 Å². The van der Waals surface area contributed by atoms with Crippen molar-refractivity contribution in [2.45, 2.75) is 76.5 Å². The van der Waals surface area contributed by atoms with Crippen LogP contribution in [-0.2, 0) is 25.6 Å². The maximum Gasteiger partial charge on any atom is 0.326 e. The van der Waals surface area contributed by atoms with Gasteiger partial charge in [0.1, 0.15) is 23.9 Å². The molecule has 0 aliphatic heterocycles. The Morgan fingerprint density at radius 1 is 0.895 bits per heavy atom. The van der Waals surface area contributed by atoms with Gasteiger partial charge in [0.05, 0.1) is 6.04 Å². The van der Waals surface area contributed by atoms with E-state index in [2.05, 4.69) is 16.0 Å². The lowest BCUT2D eigenvalue weighted by Gasteiger charge is -2.26. The Labute approximate surface area is 228 Å². The minimum Gasteiger partial charge on any atom is -0.508 e. The second-order valence-corrected chi connectivity index (χ2v) is 10.7. The van der Waals surface area contributed by atoms with Gasteiger partial charge in [0.15, 0.2) is 0 Å². The van der Waals surface area contributed by atoms with E-state index in [-0.39, 0.29) is 30.9 Å². The van der Waals surface area contributed by atoms with Gasteiger partial charge in [-0.2, -0.15) is 11.8 Å². The molecule has 214 valence electrons. The molecule has 38 heavy (non-hydrogen) atoms. The van der Waals surface area contributed by atoms with Crippen LogP contribution in [0.15, 0.2) is 24.3 Å². The molecule has 0 aliphatic carbocycles. The third-order valence-corrected chi connectivity index (χ3v) is 6.52. The number of nitrogens with two attached hydrogens (primary N) is 2. The van der Waals surface area contributed by atoms with Gasteiger partial charge in [0.2, 0.25) is 17.7 Å². The van der Waals surface area contributed by atoms with Crippen LogP contribution in [0.4, 0.5) is 0 Å². The number of phenols is 1. The highest BCUT2D eigenvalue weighted by Crippen LogP contribution is 2.12. The van der Waals surface area contributed by atoms with E-state index in [0.29, 0.717) is 31.6 Å². The van der Waals surface area contributed by atoms with Gasteiger partial charge in [0.25, 0.3) is 0 Å². The van der Waals surface area contributed by atoms with Crippen LogP contribution in [0.1, 0.15) is 51.5 Å². The number of hydrogen-bond acceptors (Lipinski definition) is 8. The van der Waals surface area contributed by atoms with E-state index in [1.165, 1.54) is 23.9 Å². The van der Waals surface area contributed by atoms with Crippen molar-refractivity contribution >= 4 is 35.5 Å². The number of carboxylic acid groups (broad SMARTS) is 1. The number of rotatable bonds is 18. The number of aromatic hydroxyl groups is 1. The van der Waals surface area contributed by atoms with Crippen LogP contribution in [-0.4, -0.2) is 76.6 Å². The average molecular weight is 554 g/mol. The summed E-state index contributed by atoms with van der Waals surface area (Å²) in [6, 6.07) is 2.38. The molecule has 4 unspecified atom stereocenters. The molecule has 0 aliphatic rings. The fraction of sp³-hybridized carbons (Fsp3) is 0.615. The summed E-state index contributed by atoms with van der Waals surface area (Å²) in [7, 11) is 0. The van der Waals surface area contributed by atoms with E-state index >= 15 is 0 Å². The molecule has 3 amide bonds. The van der Waals surface area contributed by atoms with Gasteiger partial charge < -0.3 is 37.6 Å². The number of carbonyl (C=O) groups is 4. The van der Waals surface area contributed by atoms with Crippen molar-refractivity contribution in [3.8, 4) is 5.75 Å². The van der Waals surface area contributed by atoms with Gasteiger partial charge in [-0.25, -0.2) is 4.79 Å². The van der Waals surface area contributed by atoms with Crippen LogP contribution in [0.25, 0.3) is 0 Å². The Hall–Kier alpha value is -2.83. The van der Waals surface area contributed by atoms with E-state index in [1.54, 1.807) is 12.1 Å². The van der Waals surface area contributed by atoms with Crippen LogP contribution in [0.2, 0.25) is 0 Å². The normalized spacial score (nSPS) is 14.3. The molecule has 0 bridgehead atoms. The quantitative estimate of drug-likeness (QED) is 0.128. The van der Waals surface area contributed by atoms with Crippen molar-refractivity contribution in [1.29, 1.82) is 0 Å². The van der Waals surface area contributed by atoms with Gasteiger partial charge in [-0.15, -0.1) is 0 Å². The first-order valence-corrected chi connectivity index (χ1v) is 14.2. The molecule has 1 aromatic carbocycles. The summed E-state index contributed by atoms with van der Waals surface area (Å²) in [5.74, 6) is -2.12. The van der Waals surface area contributed by atoms with Crippen molar-refractivity contribution in [2.24, 2.45) is 17.4 Å². The SMILES string of the molecule is CSCCC(NC(=O)C(CC(C)C)NC(=O)C(CCCCN)NC(=O)C(N)Cc1ccc(O)cc1)C(=O)O.